The van der Waals surface area contributed by atoms with E-state index in [9.17, 15) is 14.0 Å². The van der Waals surface area contributed by atoms with Gasteiger partial charge in [-0.05, 0) is 43.2 Å². The summed E-state index contributed by atoms with van der Waals surface area (Å²) in [4.78, 5) is 24.0. The molecule has 26 heavy (non-hydrogen) atoms. The smallest absolute Gasteiger partial charge is 0.258 e. The molecule has 7 heteroatoms. The lowest BCUT2D eigenvalue weighted by molar-refractivity contribution is -0.128. The molecule has 2 N–H and O–H groups in total. The lowest BCUT2D eigenvalue weighted by Crippen LogP contribution is -2.56. The van der Waals surface area contributed by atoms with Crippen LogP contribution in [0, 0.1) is 17.7 Å². The Hall–Kier alpha value is -2.15. The van der Waals surface area contributed by atoms with Crippen LogP contribution in [-0.4, -0.2) is 44.2 Å². The fraction of sp³-hybridized carbons (Fsp3) is 0.579. The molecule has 0 spiro atoms. The van der Waals surface area contributed by atoms with Crippen LogP contribution in [0.4, 0.5) is 4.39 Å². The Bertz CT molecular complexity index is 654. The third-order valence-corrected chi connectivity index (χ3v) is 5.24. The van der Waals surface area contributed by atoms with E-state index in [1.54, 1.807) is 19.2 Å². The number of para-hydroxylation sites is 1. The minimum Gasteiger partial charge on any atom is -0.481 e. The molecule has 2 fully saturated rings. The molecule has 142 valence electrons. The molecule has 1 aliphatic heterocycles. The van der Waals surface area contributed by atoms with Crippen LogP contribution in [0.2, 0.25) is 0 Å². The predicted molar refractivity (Wildman–Crippen MR) is 93.1 cm³/mol. The minimum atomic E-state index is -0.491. The maximum atomic E-state index is 13.5. The fourth-order valence-electron chi connectivity index (χ4n) is 4.08. The summed E-state index contributed by atoms with van der Waals surface area (Å²) in [5.74, 6) is -0.0473. The fourth-order valence-corrected chi connectivity index (χ4v) is 4.08. The van der Waals surface area contributed by atoms with Crippen molar-refractivity contribution >= 4 is 11.8 Å². The Labute approximate surface area is 152 Å². The van der Waals surface area contributed by atoms with Crippen molar-refractivity contribution in [3.63, 3.8) is 0 Å². The topological polar surface area (TPSA) is 76.7 Å². The number of fused-ring (bicyclic) bond motifs is 1. The molecule has 1 saturated heterocycles. The normalized spacial score (nSPS) is 28.0. The number of nitrogens with one attached hydrogen (secondary N) is 2. The second kappa shape index (κ2) is 8.49. The molecule has 2 aliphatic rings. The second-order valence-corrected chi connectivity index (χ2v) is 7.05. The highest BCUT2D eigenvalue weighted by atomic mass is 19.1. The van der Waals surface area contributed by atoms with E-state index in [-0.39, 0.29) is 42.2 Å². The number of piperidine rings is 1. The van der Waals surface area contributed by atoms with Crippen LogP contribution in [-0.2, 0) is 14.3 Å². The minimum absolute atomic E-state index is 0.0189. The number of amides is 2. The van der Waals surface area contributed by atoms with Crippen LogP contribution < -0.4 is 15.4 Å². The van der Waals surface area contributed by atoms with Crippen molar-refractivity contribution in [2.45, 2.75) is 37.8 Å². The molecular formula is C19H25FN2O4. The molecule has 1 heterocycles. The number of carbonyl (C=O) groups is 2. The largest absolute Gasteiger partial charge is 0.481 e. The van der Waals surface area contributed by atoms with E-state index in [2.05, 4.69) is 10.6 Å². The predicted octanol–water partition coefficient (Wildman–Crippen LogP) is 1.64. The van der Waals surface area contributed by atoms with Crippen LogP contribution >= 0.6 is 0 Å². The van der Waals surface area contributed by atoms with Gasteiger partial charge in [-0.15, -0.1) is 0 Å². The third kappa shape index (κ3) is 4.52. The van der Waals surface area contributed by atoms with Gasteiger partial charge < -0.3 is 20.1 Å². The Morgan fingerprint density at radius 1 is 1.35 bits per heavy atom. The number of hydrogen-bond donors (Lipinski definition) is 2. The average Bonchev–Trinajstić information content (AvgIpc) is 2.61. The van der Waals surface area contributed by atoms with E-state index in [4.69, 9.17) is 9.47 Å². The zero-order chi connectivity index (χ0) is 18.5. The van der Waals surface area contributed by atoms with Gasteiger partial charge in [-0.25, -0.2) is 4.39 Å². The summed E-state index contributed by atoms with van der Waals surface area (Å²) in [7, 11) is 1.66. The van der Waals surface area contributed by atoms with Crippen molar-refractivity contribution in [3.05, 3.63) is 30.1 Å². The SMILES string of the molecule is COCC1CC(=O)NC2CC(NC(=O)COc3ccccc3F)CCC12. The maximum absolute atomic E-state index is 13.5. The molecule has 6 nitrogen and oxygen atoms in total. The van der Waals surface area contributed by atoms with Gasteiger partial charge in [0, 0.05) is 32.2 Å². The first-order chi connectivity index (χ1) is 12.6. The Morgan fingerprint density at radius 3 is 2.92 bits per heavy atom. The molecule has 0 aromatic heterocycles. The Balaban J connectivity index is 1.50. The summed E-state index contributed by atoms with van der Waals surface area (Å²) < 4.78 is 24.0. The summed E-state index contributed by atoms with van der Waals surface area (Å²) >= 11 is 0. The van der Waals surface area contributed by atoms with Gasteiger partial charge in [-0.1, -0.05) is 12.1 Å². The Morgan fingerprint density at radius 2 is 2.15 bits per heavy atom. The molecule has 0 radical (unpaired) electrons. The molecule has 4 unspecified atom stereocenters. The van der Waals surface area contributed by atoms with Crippen molar-refractivity contribution < 1.29 is 23.5 Å². The zero-order valence-corrected chi connectivity index (χ0v) is 14.9. The van der Waals surface area contributed by atoms with E-state index >= 15 is 0 Å². The van der Waals surface area contributed by atoms with Gasteiger partial charge in [-0.2, -0.15) is 0 Å². The average molecular weight is 364 g/mol. The van der Waals surface area contributed by atoms with E-state index < -0.39 is 5.82 Å². The molecule has 1 aliphatic carbocycles. The lowest BCUT2D eigenvalue weighted by Gasteiger charge is -2.43. The van der Waals surface area contributed by atoms with Gasteiger partial charge in [-0.3, -0.25) is 9.59 Å². The van der Waals surface area contributed by atoms with Gasteiger partial charge in [0.25, 0.3) is 5.91 Å². The lowest BCUT2D eigenvalue weighted by atomic mass is 9.71. The molecule has 3 rings (SSSR count). The van der Waals surface area contributed by atoms with E-state index in [0.29, 0.717) is 25.4 Å². The molecule has 4 atom stereocenters. The molecule has 0 bridgehead atoms. The van der Waals surface area contributed by atoms with Gasteiger partial charge in [0.2, 0.25) is 5.91 Å². The van der Waals surface area contributed by atoms with E-state index in [0.717, 1.165) is 12.8 Å². The number of halogens is 1. The van der Waals surface area contributed by atoms with Crippen molar-refractivity contribution in [2.75, 3.05) is 20.3 Å². The number of hydrogen-bond acceptors (Lipinski definition) is 4. The zero-order valence-electron chi connectivity index (χ0n) is 14.9. The van der Waals surface area contributed by atoms with Crippen LogP contribution in [0.25, 0.3) is 0 Å². The number of benzene rings is 1. The summed E-state index contributed by atoms with van der Waals surface area (Å²) in [6.07, 6.45) is 2.98. The van der Waals surface area contributed by atoms with Gasteiger partial charge >= 0.3 is 0 Å². The summed E-state index contributed by atoms with van der Waals surface area (Å²) in [5.41, 5.74) is 0. The van der Waals surface area contributed by atoms with Crippen molar-refractivity contribution in [1.82, 2.24) is 10.6 Å². The van der Waals surface area contributed by atoms with Crippen molar-refractivity contribution in [3.8, 4) is 5.75 Å². The third-order valence-electron chi connectivity index (χ3n) is 5.24. The quantitative estimate of drug-likeness (QED) is 0.805. The second-order valence-electron chi connectivity index (χ2n) is 7.05. The van der Waals surface area contributed by atoms with Crippen LogP contribution in [0.3, 0.4) is 0 Å². The van der Waals surface area contributed by atoms with Gasteiger partial charge in [0.15, 0.2) is 18.2 Å². The highest BCUT2D eigenvalue weighted by Gasteiger charge is 2.40. The Kier molecular flexibility index (Phi) is 6.08. The number of methoxy groups -OCH3 is 1. The van der Waals surface area contributed by atoms with Crippen molar-refractivity contribution in [1.29, 1.82) is 0 Å². The van der Waals surface area contributed by atoms with E-state index in [1.807, 2.05) is 0 Å². The first kappa shape index (κ1) is 18.6. The molecule has 2 amide bonds. The molecular weight excluding hydrogens is 339 g/mol. The van der Waals surface area contributed by atoms with Crippen molar-refractivity contribution in [2.24, 2.45) is 11.8 Å². The number of carbonyl (C=O) groups excluding carboxylic acids is 2. The van der Waals surface area contributed by atoms with E-state index in [1.165, 1.54) is 12.1 Å². The molecule has 1 saturated carbocycles. The number of rotatable bonds is 6. The highest BCUT2D eigenvalue weighted by molar-refractivity contribution is 5.78. The standard InChI is InChI=1S/C19H25FN2O4/c1-25-10-12-8-18(23)22-16-9-13(6-7-14(12)16)21-19(24)11-26-17-5-3-2-4-15(17)20/h2-5,12-14,16H,6-11H2,1H3,(H,21,24)(H,22,23). The number of ether oxygens (including phenoxy) is 2. The first-order valence-electron chi connectivity index (χ1n) is 9.01. The summed E-state index contributed by atoms with van der Waals surface area (Å²) in [6, 6.07) is 6.03. The van der Waals surface area contributed by atoms with Crippen LogP contribution in [0.5, 0.6) is 5.75 Å². The monoisotopic (exact) mass is 364 g/mol. The van der Waals surface area contributed by atoms with Crippen LogP contribution in [0.15, 0.2) is 24.3 Å². The maximum Gasteiger partial charge on any atom is 0.258 e. The first-order valence-corrected chi connectivity index (χ1v) is 9.01. The van der Waals surface area contributed by atoms with Gasteiger partial charge in [0.1, 0.15) is 0 Å². The summed E-state index contributed by atoms with van der Waals surface area (Å²) in [5, 5.41) is 5.98. The molecule has 1 aromatic rings. The molecule has 1 aromatic carbocycles. The van der Waals surface area contributed by atoms with Crippen LogP contribution in [0.1, 0.15) is 25.7 Å². The van der Waals surface area contributed by atoms with Gasteiger partial charge in [0.05, 0.1) is 0 Å². The summed E-state index contributed by atoms with van der Waals surface area (Å²) in [6.45, 7) is 0.353. The highest BCUT2D eigenvalue weighted by Crippen LogP contribution is 2.35.